The molecule has 1 aliphatic heterocycles. The monoisotopic (exact) mass is 272 g/mol. The highest BCUT2D eigenvalue weighted by molar-refractivity contribution is 6.31. The molecule has 2 heteroatoms. The Morgan fingerprint density at radius 3 is 2.53 bits per heavy atom. The summed E-state index contributed by atoms with van der Waals surface area (Å²) >= 11 is 6.19. The van der Waals surface area contributed by atoms with E-state index in [4.69, 9.17) is 16.3 Å². The molecule has 0 spiro atoms. The van der Waals surface area contributed by atoms with Crippen LogP contribution in [0.15, 0.2) is 48.5 Å². The Morgan fingerprint density at radius 2 is 1.84 bits per heavy atom. The van der Waals surface area contributed by atoms with Gasteiger partial charge in [-0.25, -0.2) is 0 Å². The Morgan fingerprint density at radius 1 is 1.05 bits per heavy atom. The van der Waals surface area contributed by atoms with Gasteiger partial charge in [-0.15, -0.1) is 0 Å². The standard InChI is InChI=1S/C17H17ClO/c18-17-4-2-1-3-15(17)11-13-5-7-14(8-6-13)16-9-10-19-12-16/h1-8,16H,9-12H2. The summed E-state index contributed by atoms with van der Waals surface area (Å²) in [4.78, 5) is 0. The van der Waals surface area contributed by atoms with E-state index in [-0.39, 0.29) is 0 Å². The highest BCUT2D eigenvalue weighted by Crippen LogP contribution is 2.26. The van der Waals surface area contributed by atoms with Gasteiger partial charge in [0.15, 0.2) is 0 Å². The van der Waals surface area contributed by atoms with Gasteiger partial charge in [-0.1, -0.05) is 54.1 Å². The first kappa shape index (κ1) is 12.7. The Kier molecular flexibility index (Phi) is 3.86. The van der Waals surface area contributed by atoms with Crippen molar-refractivity contribution >= 4 is 11.6 Å². The van der Waals surface area contributed by atoms with Gasteiger partial charge < -0.3 is 4.74 Å². The molecule has 0 aromatic heterocycles. The third-order valence-electron chi connectivity index (χ3n) is 3.73. The number of benzene rings is 2. The van der Waals surface area contributed by atoms with Gasteiger partial charge in [-0.2, -0.15) is 0 Å². The minimum Gasteiger partial charge on any atom is -0.381 e. The van der Waals surface area contributed by atoms with Gasteiger partial charge in [0.2, 0.25) is 0 Å². The van der Waals surface area contributed by atoms with Crippen LogP contribution in [0, 0.1) is 0 Å². The molecule has 0 saturated carbocycles. The zero-order valence-corrected chi connectivity index (χ0v) is 11.6. The van der Waals surface area contributed by atoms with Crippen LogP contribution in [0.25, 0.3) is 0 Å². The van der Waals surface area contributed by atoms with Crippen molar-refractivity contribution in [3.05, 3.63) is 70.2 Å². The minimum absolute atomic E-state index is 0.578. The lowest BCUT2D eigenvalue weighted by Gasteiger charge is -2.09. The number of hydrogen-bond acceptors (Lipinski definition) is 1. The van der Waals surface area contributed by atoms with Crippen molar-refractivity contribution in [2.45, 2.75) is 18.8 Å². The van der Waals surface area contributed by atoms with Gasteiger partial charge in [-0.3, -0.25) is 0 Å². The smallest absolute Gasteiger partial charge is 0.0535 e. The molecule has 0 amide bonds. The van der Waals surface area contributed by atoms with E-state index in [2.05, 4.69) is 30.3 Å². The fourth-order valence-electron chi connectivity index (χ4n) is 2.57. The Bertz CT molecular complexity index is 541. The van der Waals surface area contributed by atoms with E-state index in [1.807, 2.05) is 18.2 Å². The molecule has 19 heavy (non-hydrogen) atoms. The second-order valence-corrected chi connectivity index (χ2v) is 5.48. The predicted octanol–water partition coefficient (Wildman–Crippen LogP) is 4.43. The quantitative estimate of drug-likeness (QED) is 0.803. The Labute approximate surface area is 119 Å². The zero-order valence-electron chi connectivity index (χ0n) is 10.8. The second kappa shape index (κ2) is 5.77. The van der Waals surface area contributed by atoms with Gasteiger partial charge in [0.1, 0.15) is 0 Å². The molecule has 2 aromatic rings. The van der Waals surface area contributed by atoms with E-state index < -0.39 is 0 Å². The van der Waals surface area contributed by atoms with Crippen molar-refractivity contribution in [3.63, 3.8) is 0 Å². The molecular formula is C17H17ClO. The van der Waals surface area contributed by atoms with Crippen LogP contribution in [0.3, 0.4) is 0 Å². The second-order valence-electron chi connectivity index (χ2n) is 5.07. The predicted molar refractivity (Wildman–Crippen MR) is 78.9 cm³/mol. The molecule has 1 saturated heterocycles. The topological polar surface area (TPSA) is 9.23 Å². The average Bonchev–Trinajstić information content (AvgIpc) is 2.96. The van der Waals surface area contributed by atoms with Crippen LogP contribution in [0.5, 0.6) is 0 Å². The third kappa shape index (κ3) is 2.99. The van der Waals surface area contributed by atoms with E-state index >= 15 is 0 Å². The summed E-state index contributed by atoms with van der Waals surface area (Å²) in [6.07, 6.45) is 2.03. The van der Waals surface area contributed by atoms with Crippen LogP contribution in [-0.4, -0.2) is 13.2 Å². The number of ether oxygens (including phenoxy) is 1. The summed E-state index contributed by atoms with van der Waals surface area (Å²) in [5.74, 6) is 0.578. The molecule has 2 aromatic carbocycles. The molecule has 0 radical (unpaired) electrons. The Hall–Kier alpha value is -1.31. The first-order valence-corrected chi connectivity index (χ1v) is 7.11. The van der Waals surface area contributed by atoms with E-state index in [0.29, 0.717) is 5.92 Å². The summed E-state index contributed by atoms with van der Waals surface area (Å²) in [5.41, 5.74) is 3.87. The van der Waals surface area contributed by atoms with E-state index in [1.54, 1.807) is 0 Å². The lowest BCUT2D eigenvalue weighted by Crippen LogP contribution is -1.98. The molecule has 1 aliphatic rings. The van der Waals surface area contributed by atoms with E-state index in [9.17, 15) is 0 Å². The largest absolute Gasteiger partial charge is 0.381 e. The first-order valence-electron chi connectivity index (χ1n) is 6.73. The average molecular weight is 273 g/mol. The highest BCUT2D eigenvalue weighted by Gasteiger charge is 2.17. The van der Waals surface area contributed by atoms with Crippen LogP contribution in [0.2, 0.25) is 5.02 Å². The molecule has 1 atom stereocenters. The molecule has 0 aliphatic carbocycles. The normalized spacial score (nSPS) is 18.7. The lowest BCUT2D eigenvalue weighted by molar-refractivity contribution is 0.194. The number of halogens is 1. The minimum atomic E-state index is 0.578. The molecule has 0 bridgehead atoms. The zero-order chi connectivity index (χ0) is 13.1. The third-order valence-corrected chi connectivity index (χ3v) is 4.10. The number of hydrogen-bond donors (Lipinski definition) is 0. The molecule has 0 N–H and O–H groups in total. The van der Waals surface area contributed by atoms with Crippen LogP contribution >= 0.6 is 11.6 Å². The van der Waals surface area contributed by atoms with Crippen LogP contribution in [-0.2, 0) is 11.2 Å². The SMILES string of the molecule is Clc1ccccc1Cc1ccc(C2CCOC2)cc1. The summed E-state index contributed by atoms with van der Waals surface area (Å²) < 4.78 is 5.44. The Balaban J connectivity index is 1.74. The van der Waals surface area contributed by atoms with E-state index in [1.165, 1.54) is 16.7 Å². The van der Waals surface area contributed by atoms with Gasteiger partial charge >= 0.3 is 0 Å². The summed E-state index contributed by atoms with van der Waals surface area (Å²) in [6, 6.07) is 16.9. The van der Waals surface area contributed by atoms with Crippen molar-refractivity contribution in [2.24, 2.45) is 0 Å². The molecule has 1 nitrogen and oxygen atoms in total. The summed E-state index contributed by atoms with van der Waals surface area (Å²) in [6.45, 7) is 1.76. The molecule has 1 unspecified atom stereocenters. The number of rotatable bonds is 3. The van der Waals surface area contributed by atoms with Crippen LogP contribution < -0.4 is 0 Å². The van der Waals surface area contributed by atoms with Gasteiger partial charge in [0, 0.05) is 17.5 Å². The van der Waals surface area contributed by atoms with Crippen molar-refractivity contribution in [1.82, 2.24) is 0 Å². The van der Waals surface area contributed by atoms with Crippen LogP contribution in [0.4, 0.5) is 0 Å². The molecule has 1 fully saturated rings. The lowest BCUT2D eigenvalue weighted by atomic mass is 9.96. The van der Waals surface area contributed by atoms with Crippen molar-refractivity contribution in [3.8, 4) is 0 Å². The maximum atomic E-state index is 6.19. The first-order chi connectivity index (χ1) is 9.33. The summed E-state index contributed by atoms with van der Waals surface area (Å²) in [5, 5.41) is 0.843. The maximum absolute atomic E-state index is 6.19. The highest BCUT2D eigenvalue weighted by atomic mass is 35.5. The fraction of sp³-hybridized carbons (Fsp3) is 0.294. The van der Waals surface area contributed by atoms with Gasteiger partial charge in [0.25, 0.3) is 0 Å². The van der Waals surface area contributed by atoms with Crippen LogP contribution in [0.1, 0.15) is 29.0 Å². The van der Waals surface area contributed by atoms with Crippen molar-refractivity contribution < 1.29 is 4.74 Å². The summed E-state index contributed by atoms with van der Waals surface area (Å²) in [7, 11) is 0. The fourth-order valence-corrected chi connectivity index (χ4v) is 2.77. The van der Waals surface area contributed by atoms with Crippen molar-refractivity contribution in [1.29, 1.82) is 0 Å². The maximum Gasteiger partial charge on any atom is 0.0535 e. The molecule has 98 valence electrons. The van der Waals surface area contributed by atoms with Crippen molar-refractivity contribution in [2.75, 3.05) is 13.2 Å². The molecule has 1 heterocycles. The molecule has 3 rings (SSSR count). The van der Waals surface area contributed by atoms with Gasteiger partial charge in [0.05, 0.1) is 6.61 Å². The van der Waals surface area contributed by atoms with E-state index in [0.717, 1.165) is 31.1 Å². The molecular weight excluding hydrogens is 256 g/mol. The van der Waals surface area contributed by atoms with Gasteiger partial charge in [-0.05, 0) is 35.6 Å².